The van der Waals surface area contributed by atoms with E-state index >= 15 is 0 Å². The summed E-state index contributed by atoms with van der Waals surface area (Å²) < 4.78 is 6.01. The topological polar surface area (TPSA) is 21.6 Å². The van der Waals surface area contributed by atoms with Crippen LogP contribution in [-0.4, -0.2) is 25.0 Å². The van der Waals surface area contributed by atoms with E-state index in [1.165, 1.54) is 0 Å². The highest BCUT2D eigenvalue weighted by Gasteiger charge is 2.35. The lowest BCUT2D eigenvalue weighted by Gasteiger charge is -2.36. The summed E-state index contributed by atoms with van der Waals surface area (Å²) in [7, 11) is 1.84. The van der Waals surface area contributed by atoms with Crippen LogP contribution >= 0.6 is 0 Å². The molecule has 2 heteroatoms. The van der Waals surface area contributed by atoms with Crippen molar-refractivity contribution in [3.63, 3.8) is 0 Å². The third-order valence-electron chi connectivity index (χ3n) is 2.97. The molecule has 1 unspecified atom stereocenters. The van der Waals surface area contributed by atoms with E-state index in [1.54, 1.807) is 0 Å². The van der Waals surface area contributed by atoms with E-state index in [1.807, 2.05) is 7.05 Å². The largest absolute Gasteiger partial charge is 0.369 e. The molecule has 0 radical (unpaired) electrons. The van der Waals surface area contributed by atoms with Gasteiger partial charge in [0.05, 0.1) is 0 Å². The van der Waals surface area contributed by atoms with Crippen molar-refractivity contribution in [2.45, 2.75) is 53.1 Å². The molecule has 0 aromatic carbocycles. The fourth-order valence-electron chi connectivity index (χ4n) is 1.93. The van der Waals surface area contributed by atoms with E-state index in [-0.39, 0.29) is 5.60 Å². The Balaban J connectivity index is 4.79. The molecule has 0 amide bonds. The van der Waals surface area contributed by atoms with Crippen molar-refractivity contribution in [3.8, 4) is 0 Å². The fourth-order valence-corrected chi connectivity index (χ4v) is 1.93. The Morgan fingerprint density at radius 2 is 1.93 bits per heavy atom. The second kappa shape index (κ2) is 6.18. The summed E-state index contributed by atoms with van der Waals surface area (Å²) in [5.74, 6) is 0.475. The second-order valence-corrected chi connectivity index (χ2v) is 4.06. The van der Waals surface area contributed by atoms with Crippen molar-refractivity contribution < 1.29 is 4.74 Å². The monoisotopic (exact) mass is 199 g/mol. The van der Waals surface area contributed by atoms with Crippen LogP contribution < -0.4 is 0 Å². The lowest BCUT2D eigenvalue weighted by molar-refractivity contribution is -0.0279. The predicted molar refractivity (Wildman–Crippen MR) is 63.1 cm³/mol. The minimum absolute atomic E-state index is 0.148. The quantitative estimate of drug-likeness (QED) is 0.601. The third-order valence-corrected chi connectivity index (χ3v) is 2.97. The third kappa shape index (κ3) is 2.81. The van der Waals surface area contributed by atoms with Gasteiger partial charge in [-0.3, -0.25) is 4.99 Å². The molecule has 0 aromatic rings. The van der Waals surface area contributed by atoms with Gasteiger partial charge in [-0.25, -0.2) is 0 Å². The molecule has 0 spiro atoms. The Kier molecular flexibility index (Phi) is 6.01. The average molecular weight is 199 g/mol. The predicted octanol–water partition coefficient (Wildman–Crippen LogP) is 3.31. The van der Waals surface area contributed by atoms with Crippen LogP contribution in [0, 0.1) is 5.92 Å². The molecule has 0 bridgehead atoms. The van der Waals surface area contributed by atoms with Crippen LogP contribution in [0.2, 0.25) is 0 Å². The normalized spacial score (nSPS) is 17.2. The Hall–Kier alpha value is -0.370. The first-order valence-electron chi connectivity index (χ1n) is 5.62. The molecule has 0 saturated heterocycles. The van der Waals surface area contributed by atoms with Gasteiger partial charge in [-0.05, 0) is 25.7 Å². The van der Waals surface area contributed by atoms with Crippen molar-refractivity contribution in [1.29, 1.82) is 0 Å². The molecule has 1 atom stereocenters. The van der Waals surface area contributed by atoms with Crippen molar-refractivity contribution in [3.05, 3.63) is 0 Å². The van der Waals surface area contributed by atoms with E-state index in [4.69, 9.17) is 4.74 Å². The molecule has 14 heavy (non-hydrogen) atoms. The number of aliphatic imine (C=N–C) groups is 1. The molecule has 0 aromatic heterocycles. The van der Waals surface area contributed by atoms with Gasteiger partial charge in [0.2, 0.25) is 0 Å². The van der Waals surface area contributed by atoms with E-state index in [9.17, 15) is 0 Å². The van der Waals surface area contributed by atoms with Crippen LogP contribution in [-0.2, 0) is 4.74 Å². The lowest BCUT2D eigenvalue weighted by atomic mass is 9.83. The summed E-state index contributed by atoms with van der Waals surface area (Å²) in [5, 5.41) is 0. The summed E-state index contributed by atoms with van der Waals surface area (Å²) in [6.45, 7) is 11.6. The first-order chi connectivity index (χ1) is 6.55. The minimum Gasteiger partial charge on any atom is -0.369 e. The summed E-state index contributed by atoms with van der Waals surface area (Å²) in [6.07, 6.45) is 2.05. The van der Waals surface area contributed by atoms with Crippen molar-refractivity contribution >= 4 is 5.71 Å². The van der Waals surface area contributed by atoms with Crippen molar-refractivity contribution in [1.82, 2.24) is 0 Å². The molecular formula is C12H25NO. The first kappa shape index (κ1) is 13.6. The van der Waals surface area contributed by atoms with Gasteiger partial charge >= 0.3 is 0 Å². The Morgan fingerprint density at radius 3 is 2.21 bits per heavy atom. The smallest absolute Gasteiger partial charge is 0.107 e. The average Bonchev–Trinajstić information content (AvgIpc) is 2.18. The number of nitrogens with zero attached hydrogens (tertiary/aromatic N) is 1. The van der Waals surface area contributed by atoms with E-state index in [0.717, 1.165) is 25.2 Å². The van der Waals surface area contributed by atoms with Gasteiger partial charge in [-0.1, -0.05) is 27.7 Å². The van der Waals surface area contributed by atoms with Gasteiger partial charge in [0.15, 0.2) is 0 Å². The maximum absolute atomic E-state index is 6.01. The Labute approximate surface area is 88.8 Å². The molecule has 0 aliphatic rings. The molecule has 2 nitrogen and oxygen atoms in total. The van der Waals surface area contributed by atoms with Crippen LogP contribution in [0.3, 0.4) is 0 Å². The highest BCUT2D eigenvalue weighted by molar-refractivity contribution is 5.90. The van der Waals surface area contributed by atoms with Crippen LogP contribution in [0.25, 0.3) is 0 Å². The standard InChI is InChI=1S/C12H25NO/c1-7-9-14-12(8-2,10(3)4)11(5)13-6/h10H,7-9H2,1-6H3. The summed E-state index contributed by atoms with van der Waals surface area (Å²) >= 11 is 0. The van der Waals surface area contributed by atoms with Gasteiger partial charge < -0.3 is 4.74 Å². The summed E-state index contributed by atoms with van der Waals surface area (Å²) in [6, 6.07) is 0. The molecule has 0 aliphatic heterocycles. The summed E-state index contributed by atoms with van der Waals surface area (Å²) in [5.41, 5.74) is 0.966. The summed E-state index contributed by atoms with van der Waals surface area (Å²) in [4.78, 5) is 4.30. The van der Waals surface area contributed by atoms with Gasteiger partial charge in [0.25, 0.3) is 0 Å². The number of hydrogen-bond acceptors (Lipinski definition) is 2. The zero-order valence-corrected chi connectivity index (χ0v) is 10.6. The number of rotatable bonds is 6. The van der Waals surface area contributed by atoms with Gasteiger partial charge in [-0.2, -0.15) is 0 Å². The maximum atomic E-state index is 6.01. The van der Waals surface area contributed by atoms with Crippen molar-refractivity contribution in [2.75, 3.05) is 13.7 Å². The first-order valence-corrected chi connectivity index (χ1v) is 5.62. The molecule has 0 heterocycles. The van der Waals surface area contributed by atoms with Gasteiger partial charge in [-0.15, -0.1) is 0 Å². The molecule has 0 saturated carbocycles. The molecule has 0 N–H and O–H groups in total. The number of hydrogen-bond donors (Lipinski definition) is 0. The highest BCUT2D eigenvalue weighted by Crippen LogP contribution is 2.28. The lowest BCUT2D eigenvalue weighted by Crippen LogP contribution is -2.45. The number of ether oxygens (including phenoxy) is 1. The zero-order chi connectivity index (χ0) is 11.2. The van der Waals surface area contributed by atoms with Crippen LogP contribution in [0.15, 0.2) is 4.99 Å². The van der Waals surface area contributed by atoms with Crippen molar-refractivity contribution in [2.24, 2.45) is 10.9 Å². The van der Waals surface area contributed by atoms with E-state index in [2.05, 4.69) is 39.6 Å². The van der Waals surface area contributed by atoms with Gasteiger partial charge in [0.1, 0.15) is 5.60 Å². The van der Waals surface area contributed by atoms with E-state index in [0.29, 0.717) is 5.92 Å². The zero-order valence-electron chi connectivity index (χ0n) is 10.6. The molecular weight excluding hydrogens is 174 g/mol. The van der Waals surface area contributed by atoms with Crippen LogP contribution in [0.4, 0.5) is 0 Å². The molecule has 0 rings (SSSR count). The Bertz CT molecular complexity index is 187. The highest BCUT2D eigenvalue weighted by atomic mass is 16.5. The molecule has 0 fully saturated rings. The second-order valence-electron chi connectivity index (χ2n) is 4.06. The SMILES string of the molecule is CCCOC(CC)(C(C)=NC)C(C)C. The van der Waals surface area contributed by atoms with Gasteiger partial charge in [0, 0.05) is 19.4 Å². The fraction of sp³-hybridized carbons (Fsp3) is 0.917. The van der Waals surface area contributed by atoms with Crippen LogP contribution in [0.1, 0.15) is 47.5 Å². The van der Waals surface area contributed by atoms with Crippen LogP contribution in [0.5, 0.6) is 0 Å². The van der Waals surface area contributed by atoms with E-state index < -0.39 is 0 Å². The minimum atomic E-state index is -0.148. The molecule has 84 valence electrons. The maximum Gasteiger partial charge on any atom is 0.107 e. The Morgan fingerprint density at radius 1 is 1.36 bits per heavy atom. The molecule has 0 aliphatic carbocycles.